The molecule has 206 valence electrons. The Kier molecular flexibility index (Phi) is 10.2. The SMILES string of the molecule is COCCOC(=O)OCCN(C)C(=O)n1c(SCc2nccc(OCC(F)(F)F)c2C)nc2ccccc21. The van der Waals surface area contributed by atoms with Crippen molar-refractivity contribution in [1.82, 2.24) is 19.4 Å². The molecule has 0 atom stereocenters. The molecular weight excluding hydrogens is 529 g/mol. The van der Waals surface area contributed by atoms with Gasteiger partial charge in [-0.3, -0.25) is 4.98 Å². The third-order valence-corrected chi connectivity index (χ3v) is 6.14. The number of imidazole rings is 1. The van der Waals surface area contributed by atoms with Gasteiger partial charge in [-0.1, -0.05) is 23.9 Å². The van der Waals surface area contributed by atoms with Gasteiger partial charge < -0.3 is 23.8 Å². The highest BCUT2D eigenvalue weighted by Gasteiger charge is 2.29. The predicted molar refractivity (Wildman–Crippen MR) is 132 cm³/mol. The lowest BCUT2D eigenvalue weighted by Gasteiger charge is -2.19. The Bertz CT molecular complexity index is 1250. The Labute approximate surface area is 221 Å². The molecule has 0 aliphatic carbocycles. The van der Waals surface area contributed by atoms with Crippen molar-refractivity contribution in [3.63, 3.8) is 0 Å². The number of hydrogen-bond donors (Lipinski definition) is 0. The first-order chi connectivity index (χ1) is 18.1. The maximum absolute atomic E-state index is 13.3. The maximum atomic E-state index is 13.3. The molecule has 3 aromatic rings. The standard InChI is InChI=1S/C24H27F3N4O6S/c1-16-18(28-9-8-20(16)37-15-24(25,26)27)14-38-21-29-17-6-4-5-7-19(17)31(21)22(32)30(2)10-11-35-23(33)36-13-12-34-3/h4-9H,10-15H2,1-3H3. The summed E-state index contributed by atoms with van der Waals surface area (Å²) in [4.78, 5) is 35.1. The average molecular weight is 557 g/mol. The summed E-state index contributed by atoms with van der Waals surface area (Å²) in [5.74, 6) is 0.309. The minimum absolute atomic E-state index is 0.0530. The smallest absolute Gasteiger partial charge is 0.484 e. The van der Waals surface area contributed by atoms with Gasteiger partial charge in [0.1, 0.15) is 19.0 Å². The van der Waals surface area contributed by atoms with Gasteiger partial charge in [-0.05, 0) is 25.1 Å². The van der Waals surface area contributed by atoms with E-state index in [1.807, 2.05) is 0 Å². The van der Waals surface area contributed by atoms with Gasteiger partial charge >= 0.3 is 18.4 Å². The summed E-state index contributed by atoms with van der Waals surface area (Å²) < 4.78 is 58.7. The third-order valence-electron chi connectivity index (χ3n) is 5.19. The number of alkyl halides is 3. The quantitative estimate of drug-likeness (QED) is 0.189. The van der Waals surface area contributed by atoms with Crippen molar-refractivity contribution in [2.75, 3.05) is 47.1 Å². The maximum Gasteiger partial charge on any atom is 0.508 e. The second-order valence-electron chi connectivity index (χ2n) is 7.94. The number of carbonyl (C=O) groups is 2. The average Bonchev–Trinajstić information content (AvgIpc) is 3.24. The Morgan fingerprint density at radius 1 is 1.11 bits per heavy atom. The molecule has 0 aliphatic heterocycles. The van der Waals surface area contributed by atoms with E-state index in [0.717, 1.165) is 0 Å². The molecule has 0 N–H and O–H groups in total. The number of thioether (sulfide) groups is 1. The Morgan fingerprint density at radius 3 is 2.58 bits per heavy atom. The van der Waals surface area contributed by atoms with Crippen molar-refractivity contribution in [3.05, 3.63) is 47.8 Å². The summed E-state index contributed by atoms with van der Waals surface area (Å²) >= 11 is 1.20. The summed E-state index contributed by atoms with van der Waals surface area (Å²) in [6.45, 7) is 0.510. The zero-order chi connectivity index (χ0) is 27.7. The molecule has 0 radical (unpaired) electrons. The molecule has 10 nitrogen and oxygen atoms in total. The van der Waals surface area contributed by atoms with E-state index in [1.165, 1.54) is 40.6 Å². The third kappa shape index (κ3) is 7.99. The molecule has 0 bridgehead atoms. The van der Waals surface area contributed by atoms with Crippen LogP contribution >= 0.6 is 11.8 Å². The first kappa shape index (κ1) is 29.0. The van der Waals surface area contributed by atoms with Crippen molar-refractivity contribution < 1.29 is 41.7 Å². The van der Waals surface area contributed by atoms with Gasteiger partial charge in [-0.2, -0.15) is 13.2 Å². The number of fused-ring (bicyclic) bond motifs is 1. The lowest BCUT2D eigenvalue weighted by Crippen LogP contribution is -2.34. The summed E-state index contributed by atoms with van der Waals surface area (Å²) in [5, 5.41) is 0.366. The zero-order valence-electron chi connectivity index (χ0n) is 21.0. The molecule has 0 spiro atoms. The summed E-state index contributed by atoms with van der Waals surface area (Å²) in [6, 6.07) is 8.03. The number of para-hydroxylation sites is 2. The first-order valence-electron chi connectivity index (χ1n) is 11.4. The molecule has 3 rings (SSSR count). The Morgan fingerprint density at radius 2 is 1.84 bits per heavy atom. The van der Waals surface area contributed by atoms with Crippen LogP contribution in [-0.2, 0) is 20.0 Å². The van der Waals surface area contributed by atoms with E-state index in [9.17, 15) is 22.8 Å². The summed E-state index contributed by atoms with van der Waals surface area (Å²) in [5.41, 5.74) is 2.11. The van der Waals surface area contributed by atoms with E-state index >= 15 is 0 Å². The highest BCUT2D eigenvalue weighted by atomic mass is 32.2. The number of pyridine rings is 1. The molecular formula is C24H27F3N4O6S. The van der Waals surface area contributed by atoms with Crippen molar-refractivity contribution in [3.8, 4) is 5.75 Å². The second-order valence-corrected chi connectivity index (χ2v) is 8.88. The number of aromatic nitrogens is 3. The molecule has 2 heterocycles. The van der Waals surface area contributed by atoms with Crippen molar-refractivity contribution in [2.24, 2.45) is 0 Å². The molecule has 1 amide bonds. The number of hydrogen-bond acceptors (Lipinski definition) is 9. The molecule has 14 heteroatoms. The minimum atomic E-state index is -4.46. The monoisotopic (exact) mass is 556 g/mol. The summed E-state index contributed by atoms with van der Waals surface area (Å²) in [6.07, 6.45) is -3.95. The normalized spacial score (nSPS) is 11.4. The number of amides is 1. The number of methoxy groups -OCH3 is 1. The van der Waals surface area contributed by atoms with Crippen LogP contribution in [0.2, 0.25) is 0 Å². The number of benzene rings is 1. The molecule has 0 aliphatic rings. The van der Waals surface area contributed by atoms with Crippen LogP contribution in [0, 0.1) is 6.92 Å². The van der Waals surface area contributed by atoms with Gasteiger partial charge in [0.2, 0.25) is 0 Å². The molecule has 1 aromatic carbocycles. The predicted octanol–water partition coefficient (Wildman–Crippen LogP) is 4.67. The van der Waals surface area contributed by atoms with Crippen LogP contribution in [0.5, 0.6) is 5.75 Å². The van der Waals surface area contributed by atoms with Gasteiger partial charge in [0.25, 0.3) is 0 Å². The molecule has 0 saturated carbocycles. The number of nitrogens with zero attached hydrogens (tertiary/aromatic N) is 4. The number of halogens is 3. The second kappa shape index (κ2) is 13.3. The number of likely N-dealkylation sites (N-methyl/N-ethyl adjacent to an activating group) is 1. The zero-order valence-corrected chi connectivity index (χ0v) is 21.8. The lowest BCUT2D eigenvalue weighted by atomic mass is 10.2. The van der Waals surface area contributed by atoms with Crippen molar-refractivity contribution in [2.45, 2.75) is 24.0 Å². The van der Waals surface area contributed by atoms with Crippen molar-refractivity contribution >= 4 is 35.0 Å². The van der Waals surface area contributed by atoms with E-state index < -0.39 is 25.0 Å². The molecule has 0 unspecified atom stereocenters. The number of ether oxygens (including phenoxy) is 4. The first-order valence-corrected chi connectivity index (χ1v) is 12.4. The van der Waals surface area contributed by atoms with Gasteiger partial charge in [0, 0.05) is 31.7 Å². The van der Waals surface area contributed by atoms with E-state index in [2.05, 4.69) is 9.97 Å². The van der Waals surface area contributed by atoms with Gasteiger partial charge in [0.05, 0.1) is 29.9 Å². The number of rotatable bonds is 11. The highest BCUT2D eigenvalue weighted by molar-refractivity contribution is 7.98. The van der Waals surface area contributed by atoms with E-state index in [1.54, 1.807) is 38.2 Å². The Balaban J connectivity index is 1.71. The van der Waals surface area contributed by atoms with Gasteiger partial charge in [0.15, 0.2) is 11.8 Å². The van der Waals surface area contributed by atoms with E-state index in [4.69, 9.17) is 18.9 Å². The topological polar surface area (TPSA) is 105 Å². The van der Waals surface area contributed by atoms with Crippen LogP contribution in [0.3, 0.4) is 0 Å². The van der Waals surface area contributed by atoms with Gasteiger partial charge in [-0.15, -0.1) is 0 Å². The molecule has 0 fully saturated rings. The summed E-state index contributed by atoms with van der Waals surface area (Å²) in [7, 11) is 3.03. The van der Waals surface area contributed by atoms with Crippen LogP contribution in [0.4, 0.5) is 22.8 Å². The largest absolute Gasteiger partial charge is 0.508 e. The molecule has 0 saturated heterocycles. The molecule has 38 heavy (non-hydrogen) atoms. The van der Waals surface area contributed by atoms with Crippen LogP contribution in [0.25, 0.3) is 11.0 Å². The Hall–Kier alpha value is -3.52. The van der Waals surface area contributed by atoms with Crippen LogP contribution < -0.4 is 4.74 Å². The van der Waals surface area contributed by atoms with Gasteiger partial charge in [-0.25, -0.2) is 19.1 Å². The van der Waals surface area contributed by atoms with Crippen LogP contribution in [-0.4, -0.2) is 84.9 Å². The van der Waals surface area contributed by atoms with Crippen LogP contribution in [0.1, 0.15) is 11.3 Å². The highest BCUT2D eigenvalue weighted by Crippen LogP contribution is 2.30. The fraction of sp³-hybridized carbons (Fsp3) is 0.417. The fourth-order valence-corrected chi connectivity index (χ4v) is 4.25. The van der Waals surface area contributed by atoms with E-state index in [0.29, 0.717) is 27.4 Å². The molecule has 2 aromatic heterocycles. The number of carbonyl (C=O) groups excluding carboxylic acids is 2. The minimum Gasteiger partial charge on any atom is -0.484 e. The van der Waals surface area contributed by atoms with E-state index in [-0.39, 0.29) is 37.9 Å². The van der Waals surface area contributed by atoms with Crippen molar-refractivity contribution in [1.29, 1.82) is 0 Å². The lowest BCUT2D eigenvalue weighted by molar-refractivity contribution is -0.153. The van der Waals surface area contributed by atoms with Crippen LogP contribution in [0.15, 0.2) is 41.7 Å². The fourth-order valence-electron chi connectivity index (χ4n) is 3.22.